The van der Waals surface area contributed by atoms with Gasteiger partial charge in [-0.1, -0.05) is 30.3 Å². The minimum atomic E-state index is -4.17. The van der Waals surface area contributed by atoms with Crippen molar-refractivity contribution in [3.8, 4) is 0 Å². The van der Waals surface area contributed by atoms with Gasteiger partial charge in [-0.3, -0.25) is 18.4 Å². The standard InChI is InChI=1S/C22H31N4O9P/c1-4-32-19(28)14(2)25-36(31,33-12-15-8-6-5-7-9-15)34-13-16-18(27)22(3,30)20(35-16)26-11-10-17(23)24-21(26)29/h5-11,14,16,18,20,27,30H,4,12-13H2,1-3H3,(H,25,31)(H2,23,24,29)/t14-,16+,18+,20+,22+,36?/m0/s1. The first-order valence-electron chi connectivity index (χ1n) is 11.2. The Labute approximate surface area is 207 Å². The van der Waals surface area contributed by atoms with Gasteiger partial charge in [-0.15, -0.1) is 0 Å². The summed E-state index contributed by atoms with van der Waals surface area (Å²) in [6, 6.07) is 9.16. The molecule has 0 bridgehead atoms. The number of nitrogen functional groups attached to an aromatic ring is 1. The van der Waals surface area contributed by atoms with E-state index in [0.717, 1.165) is 4.57 Å². The molecule has 0 saturated carbocycles. The summed E-state index contributed by atoms with van der Waals surface area (Å²) in [6.07, 6.45) is -2.83. The Bertz CT molecular complexity index is 1140. The van der Waals surface area contributed by atoms with Crippen molar-refractivity contribution in [2.75, 3.05) is 18.9 Å². The molecule has 1 aromatic carbocycles. The van der Waals surface area contributed by atoms with Crippen molar-refractivity contribution >= 4 is 19.5 Å². The van der Waals surface area contributed by atoms with E-state index in [2.05, 4.69) is 10.1 Å². The normalized spacial score (nSPS) is 26.3. The van der Waals surface area contributed by atoms with E-state index in [1.807, 2.05) is 6.07 Å². The van der Waals surface area contributed by atoms with Crippen molar-refractivity contribution in [1.82, 2.24) is 14.6 Å². The highest BCUT2D eigenvalue weighted by molar-refractivity contribution is 7.51. The molecule has 3 rings (SSSR count). The van der Waals surface area contributed by atoms with Gasteiger partial charge in [0.2, 0.25) is 0 Å². The summed E-state index contributed by atoms with van der Waals surface area (Å²) in [6.45, 7) is 3.84. The number of hydrogen-bond acceptors (Lipinski definition) is 11. The average molecular weight is 526 g/mol. The third-order valence-corrected chi connectivity index (χ3v) is 7.16. The molecule has 1 unspecified atom stereocenters. The molecule has 1 aromatic heterocycles. The molecule has 36 heavy (non-hydrogen) atoms. The van der Waals surface area contributed by atoms with Gasteiger partial charge >= 0.3 is 19.4 Å². The fourth-order valence-electron chi connectivity index (χ4n) is 3.56. The summed E-state index contributed by atoms with van der Waals surface area (Å²) in [7, 11) is -4.17. The zero-order chi connectivity index (χ0) is 26.5. The number of nitrogens with one attached hydrogen (secondary N) is 1. The monoisotopic (exact) mass is 526 g/mol. The number of carbonyl (C=O) groups excluding carboxylic acids is 1. The van der Waals surface area contributed by atoms with Crippen LogP contribution in [0, 0.1) is 0 Å². The summed E-state index contributed by atoms with van der Waals surface area (Å²) < 4.78 is 36.2. The van der Waals surface area contributed by atoms with Crippen molar-refractivity contribution in [3.05, 3.63) is 58.6 Å². The topological polar surface area (TPSA) is 184 Å². The molecule has 198 valence electrons. The quantitative estimate of drug-likeness (QED) is 0.238. The second kappa shape index (κ2) is 11.6. The summed E-state index contributed by atoms with van der Waals surface area (Å²) in [5.74, 6) is -0.687. The molecule has 13 nitrogen and oxygen atoms in total. The van der Waals surface area contributed by atoms with Gasteiger partial charge in [-0.2, -0.15) is 4.98 Å². The van der Waals surface area contributed by atoms with Crippen LogP contribution in [0.4, 0.5) is 5.82 Å². The van der Waals surface area contributed by atoms with Gasteiger partial charge in [0.05, 0.1) is 19.8 Å². The second-order valence-electron chi connectivity index (χ2n) is 8.39. The molecule has 14 heteroatoms. The van der Waals surface area contributed by atoms with Crippen molar-refractivity contribution in [1.29, 1.82) is 0 Å². The smallest absolute Gasteiger partial charge is 0.406 e. The lowest BCUT2D eigenvalue weighted by Gasteiger charge is -2.27. The lowest BCUT2D eigenvalue weighted by atomic mass is 9.96. The Morgan fingerprint density at radius 2 is 2.03 bits per heavy atom. The molecule has 0 radical (unpaired) electrons. The molecule has 1 aliphatic rings. The molecule has 2 aromatic rings. The Morgan fingerprint density at radius 1 is 1.33 bits per heavy atom. The highest BCUT2D eigenvalue weighted by atomic mass is 31.2. The fourth-order valence-corrected chi connectivity index (χ4v) is 5.02. The van der Waals surface area contributed by atoms with E-state index in [4.69, 9.17) is 24.3 Å². The van der Waals surface area contributed by atoms with E-state index < -0.39 is 56.1 Å². The zero-order valence-electron chi connectivity index (χ0n) is 20.1. The SMILES string of the molecule is CCOC(=O)[C@H](C)NP(=O)(OCc1ccccc1)OC[C@H]1O[C@@H](n2ccc(N)nc2=O)[C@](C)(O)[C@@H]1O. The molecule has 1 saturated heterocycles. The number of rotatable bonds is 11. The number of benzene rings is 1. The molecule has 0 amide bonds. The minimum Gasteiger partial charge on any atom is -0.465 e. The zero-order valence-corrected chi connectivity index (χ0v) is 21.0. The van der Waals surface area contributed by atoms with Gasteiger partial charge in [-0.05, 0) is 32.4 Å². The molecular formula is C22H31N4O9P. The summed E-state index contributed by atoms with van der Waals surface area (Å²) in [5, 5.41) is 24.1. The molecule has 6 atom stereocenters. The maximum atomic E-state index is 13.5. The highest BCUT2D eigenvalue weighted by Crippen LogP contribution is 2.47. The average Bonchev–Trinajstić information content (AvgIpc) is 3.06. The number of aliphatic hydroxyl groups excluding tert-OH is 1. The van der Waals surface area contributed by atoms with Gasteiger partial charge in [0.25, 0.3) is 0 Å². The van der Waals surface area contributed by atoms with Crippen molar-refractivity contribution in [3.63, 3.8) is 0 Å². The Kier molecular flexibility index (Phi) is 9.01. The summed E-state index contributed by atoms with van der Waals surface area (Å²) >= 11 is 0. The van der Waals surface area contributed by atoms with Crippen LogP contribution in [0.5, 0.6) is 0 Å². The number of nitrogens with zero attached hydrogens (tertiary/aromatic N) is 2. The number of aromatic nitrogens is 2. The number of aliphatic hydroxyl groups is 2. The fraction of sp³-hybridized carbons (Fsp3) is 0.500. The van der Waals surface area contributed by atoms with E-state index in [0.29, 0.717) is 5.56 Å². The van der Waals surface area contributed by atoms with Gasteiger partial charge in [0.1, 0.15) is 29.7 Å². The van der Waals surface area contributed by atoms with E-state index in [1.165, 1.54) is 26.1 Å². The third kappa shape index (κ3) is 6.56. The van der Waals surface area contributed by atoms with E-state index in [-0.39, 0.29) is 19.0 Å². The third-order valence-electron chi connectivity index (χ3n) is 5.50. The molecule has 5 N–H and O–H groups in total. The first kappa shape index (κ1) is 27.9. The van der Waals surface area contributed by atoms with Crippen LogP contribution in [-0.4, -0.2) is 62.8 Å². The number of esters is 1. The predicted molar refractivity (Wildman–Crippen MR) is 127 cm³/mol. The molecular weight excluding hydrogens is 495 g/mol. The predicted octanol–water partition coefficient (Wildman–Crippen LogP) is 0.718. The maximum Gasteiger partial charge on any atom is 0.406 e. The van der Waals surface area contributed by atoms with Crippen LogP contribution >= 0.6 is 7.75 Å². The van der Waals surface area contributed by atoms with Crippen molar-refractivity contribution in [2.24, 2.45) is 0 Å². The van der Waals surface area contributed by atoms with Gasteiger partial charge < -0.3 is 25.4 Å². The minimum absolute atomic E-state index is 0.0207. The Morgan fingerprint density at radius 3 is 2.67 bits per heavy atom. The van der Waals surface area contributed by atoms with E-state index in [1.54, 1.807) is 31.2 Å². The maximum absolute atomic E-state index is 13.5. The summed E-state index contributed by atoms with van der Waals surface area (Å²) in [4.78, 5) is 27.9. The van der Waals surface area contributed by atoms with Crippen molar-refractivity contribution in [2.45, 2.75) is 57.5 Å². The van der Waals surface area contributed by atoms with Crippen LogP contribution in [0.1, 0.15) is 32.6 Å². The number of nitrogens with two attached hydrogens (primary N) is 1. The first-order valence-corrected chi connectivity index (χ1v) is 12.8. The van der Waals surface area contributed by atoms with Crippen molar-refractivity contribution < 1.29 is 38.1 Å². The van der Waals surface area contributed by atoms with E-state index >= 15 is 0 Å². The largest absolute Gasteiger partial charge is 0.465 e. The number of anilines is 1. The number of ether oxygens (including phenoxy) is 2. The summed E-state index contributed by atoms with van der Waals surface area (Å²) in [5.41, 5.74) is 3.48. The van der Waals surface area contributed by atoms with Crippen LogP contribution in [-0.2, 0) is 34.5 Å². The van der Waals surface area contributed by atoms with E-state index in [9.17, 15) is 24.4 Å². The molecule has 1 aliphatic heterocycles. The number of hydrogen-bond donors (Lipinski definition) is 4. The second-order valence-corrected chi connectivity index (χ2v) is 10.2. The van der Waals surface area contributed by atoms with Gasteiger partial charge in [-0.25, -0.2) is 14.4 Å². The number of carbonyl (C=O) groups is 1. The molecule has 0 aliphatic carbocycles. The Hall–Kier alpha value is -2.64. The highest BCUT2D eigenvalue weighted by Gasteiger charge is 2.54. The van der Waals surface area contributed by atoms with Crippen LogP contribution in [0.25, 0.3) is 0 Å². The molecule has 1 fully saturated rings. The van der Waals surface area contributed by atoms with Crippen LogP contribution < -0.4 is 16.5 Å². The Balaban J connectivity index is 1.76. The van der Waals surface area contributed by atoms with Crippen LogP contribution in [0.2, 0.25) is 0 Å². The molecule has 0 spiro atoms. The lowest BCUT2D eigenvalue weighted by Crippen LogP contribution is -2.46. The van der Waals surface area contributed by atoms with Crippen LogP contribution in [0.3, 0.4) is 0 Å². The van der Waals surface area contributed by atoms with Crippen LogP contribution in [0.15, 0.2) is 47.4 Å². The van der Waals surface area contributed by atoms with Gasteiger partial charge in [0.15, 0.2) is 6.23 Å². The van der Waals surface area contributed by atoms with Gasteiger partial charge in [0, 0.05) is 6.20 Å². The molecule has 2 heterocycles. The first-order chi connectivity index (χ1) is 17.0. The lowest BCUT2D eigenvalue weighted by molar-refractivity contribution is -0.144.